The van der Waals surface area contributed by atoms with Gasteiger partial charge in [-0.1, -0.05) is 6.07 Å². The first-order valence-corrected chi connectivity index (χ1v) is 4.26. The van der Waals surface area contributed by atoms with Crippen molar-refractivity contribution in [2.24, 2.45) is 5.73 Å². The molecule has 0 aliphatic rings. The third-order valence-electron chi connectivity index (χ3n) is 1.85. The number of benzene rings is 1. The molecule has 1 aromatic carbocycles. The van der Waals surface area contributed by atoms with E-state index >= 15 is 0 Å². The number of halogens is 1. The van der Waals surface area contributed by atoms with Crippen molar-refractivity contribution in [1.29, 1.82) is 0 Å². The van der Waals surface area contributed by atoms with Gasteiger partial charge in [0, 0.05) is 6.42 Å². The van der Waals surface area contributed by atoms with Crippen molar-refractivity contribution in [2.45, 2.75) is 6.42 Å². The van der Waals surface area contributed by atoms with E-state index in [0.717, 1.165) is 0 Å². The van der Waals surface area contributed by atoms with E-state index in [-0.39, 0.29) is 30.1 Å². The number of Topliss-reactive ketones (excluding diaryl/α,β-unsaturated/α-hetero) is 1. The summed E-state index contributed by atoms with van der Waals surface area (Å²) in [6.07, 6.45) is 0.122. The second-order valence-corrected chi connectivity index (χ2v) is 2.78. The highest BCUT2D eigenvalue weighted by Crippen LogP contribution is 2.22. The van der Waals surface area contributed by atoms with Crippen molar-refractivity contribution < 1.29 is 13.9 Å². The van der Waals surface area contributed by atoms with Crippen LogP contribution in [0.2, 0.25) is 0 Å². The average molecular weight is 197 g/mol. The molecule has 0 atom stereocenters. The highest BCUT2D eigenvalue weighted by Gasteiger charge is 2.16. The number of hydrogen-bond acceptors (Lipinski definition) is 3. The van der Waals surface area contributed by atoms with Crippen LogP contribution < -0.4 is 10.5 Å². The molecule has 0 aliphatic carbocycles. The summed E-state index contributed by atoms with van der Waals surface area (Å²) in [6, 6.07) is 4.27. The van der Waals surface area contributed by atoms with E-state index in [1.165, 1.54) is 19.2 Å². The van der Waals surface area contributed by atoms with Gasteiger partial charge in [0.1, 0.15) is 11.6 Å². The third-order valence-corrected chi connectivity index (χ3v) is 1.85. The minimum Gasteiger partial charge on any atom is -0.496 e. The van der Waals surface area contributed by atoms with Crippen LogP contribution in [0, 0.1) is 5.82 Å². The smallest absolute Gasteiger partial charge is 0.170 e. The molecule has 0 saturated heterocycles. The van der Waals surface area contributed by atoms with Crippen LogP contribution in [0.3, 0.4) is 0 Å². The molecule has 2 N–H and O–H groups in total. The highest BCUT2D eigenvalue weighted by molar-refractivity contribution is 5.99. The lowest BCUT2D eigenvalue weighted by molar-refractivity contribution is 0.0978. The lowest BCUT2D eigenvalue weighted by Crippen LogP contribution is -2.11. The Labute approximate surface area is 81.7 Å². The Morgan fingerprint density at radius 1 is 1.57 bits per heavy atom. The predicted octanol–water partition coefficient (Wildman–Crippen LogP) is 1.37. The van der Waals surface area contributed by atoms with Crippen LogP contribution >= 0.6 is 0 Å². The summed E-state index contributed by atoms with van der Waals surface area (Å²) in [5, 5.41) is 0. The SMILES string of the molecule is COc1cccc(F)c1C(=O)CCN. The summed E-state index contributed by atoms with van der Waals surface area (Å²) < 4.78 is 18.2. The van der Waals surface area contributed by atoms with E-state index in [1.54, 1.807) is 6.07 Å². The Morgan fingerprint density at radius 3 is 2.86 bits per heavy atom. The van der Waals surface area contributed by atoms with E-state index < -0.39 is 5.82 Å². The molecule has 1 rings (SSSR count). The molecule has 0 aliphatic heterocycles. The molecular weight excluding hydrogens is 185 g/mol. The van der Waals surface area contributed by atoms with Crippen LogP contribution in [0.25, 0.3) is 0 Å². The normalized spacial score (nSPS) is 9.93. The average Bonchev–Trinajstić information content (AvgIpc) is 2.17. The first-order chi connectivity index (χ1) is 6.70. The van der Waals surface area contributed by atoms with Crippen molar-refractivity contribution >= 4 is 5.78 Å². The lowest BCUT2D eigenvalue weighted by atomic mass is 10.1. The molecule has 0 bridgehead atoms. The Morgan fingerprint density at radius 2 is 2.29 bits per heavy atom. The van der Waals surface area contributed by atoms with E-state index in [9.17, 15) is 9.18 Å². The van der Waals surface area contributed by atoms with Gasteiger partial charge < -0.3 is 10.5 Å². The molecule has 0 spiro atoms. The lowest BCUT2D eigenvalue weighted by Gasteiger charge is -2.07. The Kier molecular flexibility index (Phi) is 3.59. The first kappa shape index (κ1) is 10.7. The van der Waals surface area contributed by atoms with Gasteiger partial charge in [-0.05, 0) is 18.7 Å². The third kappa shape index (κ3) is 2.09. The molecule has 0 saturated carbocycles. The zero-order chi connectivity index (χ0) is 10.6. The largest absolute Gasteiger partial charge is 0.496 e. The molecule has 0 heterocycles. The highest BCUT2D eigenvalue weighted by atomic mass is 19.1. The molecule has 1 aromatic rings. The van der Waals surface area contributed by atoms with Gasteiger partial charge in [0.15, 0.2) is 5.78 Å². The number of rotatable bonds is 4. The summed E-state index contributed by atoms with van der Waals surface area (Å²) >= 11 is 0. The zero-order valence-electron chi connectivity index (χ0n) is 7.92. The van der Waals surface area contributed by atoms with Crippen LogP contribution in [0.5, 0.6) is 5.75 Å². The van der Waals surface area contributed by atoms with Crippen LogP contribution in [0.1, 0.15) is 16.8 Å². The fourth-order valence-corrected chi connectivity index (χ4v) is 1.20. The number of carbonyl (C=O) groups excluding carboxylic acids is 1. The Hall–Kier alpha value is -1.42. The van der Waals surface area contributed by atoms with Crippen molar-refractivity contribution in [3.05, 3.63) is 29.6 Å². The summed E-state index contributed by atoms with van der Waals surface area (Å²) in [5.74, 6) is -0.645. The van der Waals surface area contributed by atoms with Gasteiger partial charge in [0.05, 0.1) is 12.7 Å². The topological polar surface area (TPSA) is 52.3 Å². The second kappa shape index (κ2) is 4.72. The van der Waals surface area contributed by atoms with Gasteiger partial charge in [-0.15, -0.1) is 0 Å². The number of methoxy groups -OCH3 is 1. The van der Waals surface area contributed by atoms with Crippen LogP contribution in [-0.2, 0) is 0 Å². The van der Waals surface area contributed by atoms with Crippen LogP contribution in [0.4, 0.5) is 4.39 Å². The Balaban J connectivity index is 3.10. The summed E-state index contributed by atoms with van der Waals surface area (Å²) in [4.78, 5) is 11.4. The first-order valence-electron chi connectivity index (χ1n) is 4.26. The van der Waals surface area contributed by atoms with Gasteiger partial charge in [-0.25, -0.2) is 4.39 Å². The quantitative estimate of drug-likeness (QED) is 0.741. The molecule has 3 nitrogen and oxygen atoms in total. The van der Waals surface area contributed by atoms with E-state index in [2.05, 4.69) is 0 Å². The molecule has 0 unspecified atom stereocenters. The fourth-order valence-electron chi connectivity index (χ4n) is 1.20. The number of carbonyl (C=O) groups is 1. The minimum absolute atomic E-state index is 0.0135. The van der Waals surface area contributed by atoms with Crippen molar-refractivity contribution in [3.8, 4) is 5.75 Å². The summed E-state index contributed by atoms with van der Waals surface area (Å²) in [5.41, 5.74) is 5.21. The second-order valence-electron chi connectivity index (χ2n) is 2.78. The molecule has 76 valence electrons. The van der Waals surface area contributed by atoms with Crippen molar-refractivity contribution in [3.63, 3.8) is 0 Å². The van der Waals surface area contributed by atoms with Gasteiger partial charge in [-0.2, -0.15) is 0 Å². The van der Waals surface area contributed by atoms with Gasteiger partial charge in [0.25, 0.3) is 0 Å². The number of ether oxygens (including phenoxy) is 1. The number of hydrogen-bond donors (Lipinski definition) is 1. The number of nitrogens with two attached hydrogens (primary N) is 1. The molecule has 14 heavy (non-hydrogen) atoms. The fraction of sp³-hybridized carbons (Fsp3) is 0.300. The minimum atomic E-state index is -0.567. The zero-order valence-corrected chi connectivity index (χ0v) is 7.92. The molecule has 0 fully saturated rings. The maximum Gasteiger partial charge on any atom is 0.170 e. The molecule has 4 heteroatoms. The van der Waals surface area contributed by atoms with Gasteiger partial charge in [-0.3, -0.25) is 4.79 Å². The monoisotopic (exact) mass is 197 g/mol. The van der Waals surface area contributed by atoms with E-state index in [4.69, 9.17) is 10.5 Å². The predicted molar refractivity (Wildman–Crippen MR) is 51.0 cm³/mol. The number of ketones is 1. The summed E-state index contributed by atoms with van der Waals surface area (Å²) in [7, 11) is 1.40. The maximum absolute atomic E-state index is 13.3. The molecule has 0 aromatic heterocycles. The van der Waals surface area contributed by atoms with E-state index in [1.807, 2.05) is 0 Å². The standard InChI is InChI=1S/C10H12FNO2/c1-14-9-4-2-3-7(11)10(9)8(13)5-6-12/h2-4H,5-6,12H2,1H3. The van der Waals surface area contributed by atoms with Gasteiger partial charge >= 0.3 is 0 Å². The Bertz CT molecular complexity index is 339. The van der Waals surface area contributed by atoms with Crippen LogP contribution in [-0.4, -0.2) is 19.4 Å². The van der Waals surface area contributed by atoms with Crippen molar-refractivity contribution in [1.82, 2.24) is 0 Å². The van der Waals surface area contributed by atoms with E-state index in [0.29, 0.717) is 0 Å². The maximum atomic E-state index is 13.3. The summed E-state index contributed by atoms with van der Waals surface area (Å²) in [6.45, 7) is 0.205. The van der Waals surface area contributed by atoms with Crippen LogP contribution in [0.15, 0.2) is 18.2 Å². The molecule has 0 amide bonds. The van der Waals surface area contributed by atoms with Gasteiger partial charge in [0.2, 0.25) is 0 Å². The molecule has 0 radical (unpaired) electrons. The molecular formula is C10H12FNO2. The van der Waals surface area contributed by atoms with Crippen molar-refractivity contribution in [2.75, 3.05) is 13.7 Å².